The van der Waals surface area contributed by atoms with E-state index in [4.69, 9.17) is 10.3 Å². The summed E-state index contributed by atoms with van der Waals surface area (Å²) >= 11 is 0. The lowest BCUT2D eigenvalue weighted by molar-refractivity contribution is 0.0988. The SMILES string of the molecule is Cc1cc(C(C)(O)C#Cc2ccc3c(c2)-c2nc(C(N)=O)c([C@H](O)c4ccnn4C)n2C2CC3C2)no1. The molecule has 0 spiro atoms. The number of hydrogen-bond acceptors (Lipinski definition) is 7. The Morgan fingerprint density at radius 3 is 2.73 bits per heavy atom. The van der Waals surface area contributed by atoms with Crippen molar-refractivity contribution in [1.29, 1.82) is 0 Å². The fraction of sp³-hybridized carbons (Fsp3) is 0.333. The summed E-state index contributed by atoms with van der Waals surface area (Å²) in [6.07, 6.45) is 2.20. The first-order valence-corrected chi connectivity index (χ1v) is 12.1. The first kappa shape index (κ1) is 23.2. The van der Waals surface area contributed by atoms with E-state index in [0.29, 0.717) is 40.1 Å². The third kappa shape index (κ3) is 3.66. The molecule has 4 N–H and O–H groups in total. The lowest BCUT2D eigenvalue weighted by Crippen LogP contribution is -2.27. The summed E-state index contributed by atoms with van der Waals surface area (Å²) in [5.41, 5.74) is 8.16. The van der Waals surface area contributed by atoms with Crippen LogP contribution in [0.4, 0.5) is 0 Å². The van der Waals surface area contributed by atoms with Crippen molar-refractivity contribution in [3.05, 3.63) is 76.2 Å². The fourth-order valence-corrected chi connectivity index (χ4v) is 5.33. The Balaban J connectivity index is 1.48. The van der Waals surface area contributed by atoms with Crippen LogP contribution in [0.2, 0.25) is 0 Å². The smallest absolute Gasteiger partial charge is 0.269 e. The number of imidazole rings is 1. The largest absolute Gasteiger partial charge is 0.380 e. The van der Waals surface area contributed by atoms with Gasteiger partial charge in [-0.25, -0.2) is 4.98 Å². The van der Waals surface area contributed by atoms with Gasteiger partial charge in [-0.2, -0.15) is 5.10 Å². The second-order valence-electron chi connectivity index (χ2n) is 9.95. The molecule has 5 heterocycles. The zero-order valence-corrected chi connectivity index (χ0v) is 20.6. The Kier molecular flexibility index (Phi) is 5.12. The molecule has 0 radical (unpaired) electrons. The molecule has 1 unspecified atom stereocenters. The van der Waals surface area contributed by atoms with Gasteiger partial charge in [0.2, 0.25) is 0 Å². The van der Waals surface area contributed by atoms with Crippen LogP contribution in [0, 0.1) is 18.8 Å². The first-order valence-electron chi connectivity index (χ1n) is 12.1. The minimum atomic E-state index is -1.50. The summed E-state index contributed by atoms with van der Waals surface area (Å²) < 4.78 is 8.61. The fourth-order valence-electron chi connectivity index (χ4n) is 5.33. The van der Waals surface area contributed by atoms with Crippen molar-refractivity contribution in [3.63, 3.8) is 0 Å². The average molecular weight is 499 g/mol. The number of aliphatic hydroxyl groups excluding tert-OH is 1. The molecule has 1 aromatic carbocycles. The summed E-state index contributed by atoms with van der Waals surface area (Å²) in [6, 6.07) is 9.30. The lowest BCUT2D eigenvalue weighted by atomic mass is 9.75. The number of carbonyl (C=O) groups is 1. The van der Waals surface area contributed by atoms with E-state index in [-0.39, 0.29) is 11.7 Å². The number of aryl methyl sites for hydroxylation is 2. The van der Waals surface area contributed by atoms with Crippen molar-refractivity contribution < 1.29 is 19.5 Å². The number of nitrogens with zero attached hydrogens (tertiary/aromatic N) is 5. The second kappa shape index (κ2) is 8.16. The van der Waals surface area contributed by atoms with E-state index in [1.54, 1.807) is 43.9 Å². The molecule has 37 heavy (non-hydrogen) atoms. The normalized spacial score (nSPS) is 19.9. The van der Waals surface area contributed by atoms with Crippen LogP contribution in [0.25, 0.3) is 11.4 Å². The predicted octanol–water partition coefficient (Wildman–Crippen LogP) is 2.45. The number of rotatable bonds is 4. The van der Waals surface area contributed by atoms with Crippen LogP contribution in [0.5, 0.6) is 0 Å². The van der Waals surface area contributed by atoms with Gasteiger partial charge in [0.25, 0.3) is 5.91 Å². The van der Waals surface area contributed by atoms with Gasteiger partial charge in [-0.1, -0.05) is 23.1 Å². The van der Waals surface area contributed by atoms with Crippen LogP contribution in [-0.2, 0) is 12.6 Å². The molecule has 1 fully saturated rings. The Hall–Kier alpha value is -4.20. The number of primary amides is 1. The van der Waals surface area contributed by atoms with Crippen LogP contribution in [0.1, 0.15) is 82.3 Å². The molecule has 1 amide bonds. The van der Waals surface area contributed by atoms with E-state index in [9.17, 15) is 15.0 Å². The molecule has 3 aliphatic rings. The molecule has 2 bridgehead atoms. The van der Waals surface area contributed by atoms with Gasteiger partial charge in [-0.3, -0.25) is 9.48 Å². The highest BCUT2D eigenvalue weighted by Gasteiger charge is 2.42. The van der Waals surface area contributed by atoms with Crippen molar-refractivity contribution in [3.8, 4) is 23.2 Å². The number of aromatic nitrogens is 5. The lowest BCUT2D eigenvalue weighted by Gasteiger charge is -2.36. The molecular formula is C27H26N6O4. The Bertz CT molecular complexity index is 1610. The van der Waals surface area contributed by atoms with Gasteiger partial charge in [0, 0.05) is 36.5 Å². The summed E-state index contributed by atoms with van der Waals surface area (Å²) in [5.74, 6) is 6.72. The molecule has 1 saturated carbocycles. The van der Waals surface area contributed by atoms with Gasteiger partial charge in [0.15, 0.2) is 11.3 Å². The van der Waals surface area contributed by atoms with Crippen molar-refractivity contribution in [2.75, 3.05) is 0 Å². The summed E-state index contributed by atoms with van der Waals surface area (Å²) in [7, 11) is 1.73. The molecule has 2 aliphatic heterocycles. The van der Waals surface area contributed by atoms with Crippen LogP contribution >= 0.6 is 0 Å². The monoisotopic (exact) mass is 498 g/mol. The van der Waals surface area contributed by atoms with E-state index < -0.39 is 17.6 Å². The molecule has 188 valence electrons. The van der Waals surface area contributed by atoms with Crippen LogP contribution in [-0.4, -0.2) is 40.6 Å². The van der Waals surface area contributed by atoms with E-state index in [2.05, 4.69) is 27.1 Å². The maximum Gasteiger partial charge on any atom is 0.269 e. The molecule has 10 heteroatoms. The maximum absolute atomic E-state index is 12.5. The van der Waals surface area contributed by atoms with E-state index in [1.807, 2.05) is 22.8 Å². The zero-order valence-electron chi connectivity index (χ0n) is 20.6. The number of nitrogens with two attached hydrogens (primary N) is 1. The van der Waals surface area contributed by atoms with Crippen molar-refractivity contribution >= 4 is 5.91 Å². The van der Waals surface area contributed by atoms with Crippen LogP contribution < -0.4 is 5.73 Å². The van der Waals surface area contributed by atoms with Crippen LogP contribution in [0.15, 0.2) is 41.1 Å². The maximum atomic E-state index is 12.5. The quantitative estimate of drug-likeness (QED) is 0.367. The first-order chi connectivity index (χ1) is 17.6. The topological polar surface area (TPSA) is 145 Å². The summed E-state index contributed by atoms with van der Waals surface area (Å²) in [4.78, 5) is 17.1. The van der Waals surface area contributed by atoms with Gasteiger partial charge in [-0.05, 0) is 56.4 Å². The number of carbonyl (C=O) groups excluding carboxylic acids is 1. The third-order valence-electron chi connectivity index (χ3n) is 7.37. The Morgan fingerprint density at radius 1 is 1.30 bits per heavy atom. The average Bonchev–Trinajstić information content (AvgIpc) is 3.53. The Labute approximate surface area is 212 Å². The van der Waals surface area contributed by atoms with Gasteiger partial charge >= 0.3 is 0 Å². The molecule has 3 aromatic heterocycles. The zero-order chi connectivity index (χ0) is 26.1. The third-order valence-corrected chi connectivity index (χ3v) is 7.37. The van der Waals surface area contributed by atoms with Crippen molar-refractivity contribution in [2.24, 2.45) is 12.8 Å². The molecule has 7 rings (SSSR count). The number of hydrogen-bond donors (Lipinski definition) is 3. The predicted molar refractivity (Wildman–Crippen MR) is 132 cm³/mol. The van der Waals surface area contributed by atoms with Crippen LogP contribution in [0.3, 0.4) is 0 Å². The summed E-state index contributed by atoms with van der Waals surface area (Å²) in [5, 5.41) is 30.2. The van der Waals surface area contributed by atoms with Gasteiger partial charge in [0.1, 0.15) is 23.4 Å². The minimum absolute atomic E-state index is 0.0424. The van der Waals surface area contributed by atoms with Gasteiger partial charge in [0.05, 0.1) is 11.4 Å². The Morgan fingerprint density at radius 2 is 2.08 bits per heavy atom. The number of benzene rings is 1. The van der Waals surface area contributed by atoms with Gasteiger partial charge in [-0.15, -0.1) is 0 Å². The highest BCUT2D eigenvalue weighted by Crippen LogP contribution is 2.53. The minimum Gasteiger partial charge on any atom is -0.380 e. The van der Waals surface area contributed by atoms with Crippen molar-refractivity contribution in [2.45, 2.75) is 50.4 Å². The van der Waals surface area contributed by atoms with E-state index in [1.165, 1.54) is 0 Å². The number of amides is 1. The standard InChI is InChI=1S/C27H26N6O4/c1-14-10-21(31-37-14)27(2,36)8-6-15-4-5-18-16-12-17(13-16)33-23(24(34)20-7-9-29-32(20)3)22(25(28)35)30-26(33)19(18)11-15/h4-5,7,9-11,16-17,24,34,36H,12-13H2,1-3H3,(H2,28,35)/t16?,17?,24-,27?/m1/s1. The highest BCUT2D eigenvalue weighted by molar-refractivity contribution is 5.93. The molecule has 0 saturated heterocycles. The molecule has 4 aromatic rings. The van der Waals surface area contributed by atoms with Gasteiger partial charge < -0.3 is 25.0 Å². The van der Waals surface area contributed by atoms with Crippen molar-refractivity contribution in [1.82, 2.24) is 24.5 Å². The molecule has 2 atom stereocenters. The summed E-state index contributed by atoms with van der Waals surface area (Å²) in [6.45, 7) is 3.31. The molecule has 10 nitrogen and oxygen atoms in total. The molecule has 1 aliphatic carbocycles. The second-order valence-corrected chi connectivity index (χ2v) is 9.95. The van der Waals surface area contributed by atoms with E-state index in [0.717, 1.165) is 24.0 Å². The molecular weight excluding hydrogens is 472 g/mol. The number of aliphatic hydroxyl groups is 2. The van der Waals surface area contributed by atoms with E-state index >= 15 is 0 Å². The highest BCUT2D eigenvalue weighted by atomic mass is 16.5.